The molecule has 0 fully saturated rings. The number of nitrogens with zero attached hydrogens (tertiary/aromatic N) is 2. The fraction of sp³-hybridized carbons (Fsp3) is 0.286. The number of anilines is 1. The predicted molar refractivity (Wildman–Crippen MR) is 110 cm³/mol. The molecule has 2 aromatic carbocycles. The number of fused-ring (bicyclic) bond motifs is 1. The van der Waals surface area contributed by atoms with Crippen molar-refractivity contribution in [3.05, 3.63) is 59.5 Å². The molecule has 0 aliphatic carbocycles. The maximum absolute atomic E-state index is 12.5. The summed E-state index contributed by atoms with van der Waals surface area (Å²) in [6, 6.07) is 13.2. The molecule has 29 heavy (non-hydrogen) atoms. The number of aromatic nitrogens is 2. The van der Waals surface area contributed by atoms with Gasteiger partial charge >= 0.3 is 6.01 Å². The van der Waals surface area contributed by atoms with Crippen molar-refractivity contribution in [3.63, 3.8) is 0 Å². The first-order valence-corrected chi connectivity index (χ1v) is 10.2. The Labute approximate surface area is 172 Å². The highest BCUT2D eigenvalue weighted by molar-refractivity contribution is 7.99. The highest BCUT2D eigenvalue weighted by Gasteiger charge is 2.15. The summed E-state index contributed by atoms with van der Waals surface area (Å²) in [4.78, 5) is 13.5. The van der Waals surface area contributed by atoms with Gasteiger partial charge in [-0.3, -0.25) is 10.1 Å². The molecule has 0 saturated carbocycles. The maximum Gasteiger partial charge on any atom is 0.322 e. The minimum atomic E-state index is -0.286. The van der Waals surface area contributed by atoms with Crippen LogP contribution in [0.25, 0.3) is 0 Å². The second kappa shape index (κ2) is 8.57. The Morgan fingerprint density at radius 3 is 2.76 bits per heavy atom. The maximum atomic E-state index is 12.5. The molecule has 0 unspecified atom stereocenters. The Bertz CT molecular complexity index is 1020. The van der Waals surface area contributed by atoms with Gasteiger partial charge in [0.25, 0.3) is 5.91 Å². The van der Waals surface area contributed by atoms with Gasteiger partial charge in [-0.15, -0.1) is 16.9 Å². The van der Waals surface area contributed by atoms with Crippen LogP contribution >= 0.6 is 11.8 Å². The van der Waals surface area contributed by atoms with Crippen molar-refractivity contribution in [1.29, 1.82) is 0 Å². The van der Waals surface area contributed by atoms with Crippen molar-refractivity contribution in [3.8, 4) is 11.5 Å². The summed E-state index contributed by atoms with van der Waals surface area (Å²) in [5.41, 5.74) is 1.50. The SMILES string of the molecule is CC(C)Sc1cccc(C(=O)Nc2nnc(Cc3ccc4c(c3)OCCO4)o2)c1. The molecule has 0 atom stereocenters. The van der Waals surface area contributed by atoms with E-state index in [2.05, 4.69) is 29.4 Å². The highest BCUT2D eigenvalue weighted by Crippen LogP contribution is 2.31. The lowest BCUT2D eigenvalue weighted by Crippen LogP contribution is -2.15. The molecule has 2 heterocycles. The van der Waals surface area contributed by atoms with Gasteiger partial charge in [0, 0.05) is 15.7 Å². The molecule has 1 amide bonds. The first-order chi connectivity index (χ1) is 14.1. The van der Waals surface area contributed by atoms with Crippen LogP contribution in [0.4, 0.5) is 6.01 Å². The van der Waals surface area contributed by atoms with Crippen molar-refractivity contribution in [1.82, 2.24) is 10.2 Å². The summed E-state index contributed by atoms with van der Waals surface area (Å²) in [5, 5.41) is 11.0. The summed E-state index contributed by atoms with van der Waals surface area (Å²) in [6.45, 7) is 5.31. The topological polar surface area (TPSA) is 86.5 Å². The van der Waals surface area contributed by atoms with Gasteiger partial charge in [-0.2, -0.15) is 0 Å². The van der Waals surface area contributed by atoms with Crippen LogP contribution in [0.1, 0.15) is 35.7 Å². The lowest BCUT2D eigenvalue weighted by Gasteiger charge is -2.18. The third-order valence-corrected chi connectivity index (χ3v) is 5.11. The Balaban J connectivity index is 1.41. The van der Waals surface area contributed by atoms with Gasteiger partial charge < -0.3 is 13.9 Å². The Hall–Kier alpha value is -3.00. The van der Waals surface area contributed by atoms with Crippen molar-refractivity contribution >= 4 is 23.7 Å². The second-order valence-electron chi connectivity index (χ2n) is 6.80. The van der Waals surface area contributed by atoms with E-state index in [4.69, 9.17) is 13.9 Å². The molecule has 8 heteroatoms. The van der Waals surface area contributed by atoms with E-state index in [1.807, 2.05) is 36.4 Å². The summed E-state index contributed by atoms with van der Waals surface area (Å²) in [6.07, 6.45) is 0.431. The molecule has 1 aliphatic heterocycles. The average molecular weight is 411 g/mol. The highest BCUT2D eigenvalue weighted by atomic mass is 32.2. The van der Waals surface area contributed by atoms with Crippen molar-refractivity contribution in [2.24, 2.45) is 0 Å². The molecular weight excluding hydrogens is 390 g/mol. The van der Waals surface area contributed by atoms with Gasteiger partial charge in [0.05, 0.1) is 6.42 Å². The van der Waals surface area contributed by atoms with Gasteiger partial charge in [-0.05, 0) is 35.9 Å². The minimum absolute atomic E-state index is 0.0736. The lowest BCUT2D eigenvalue weighted by atomic mass is 10.1. The first kappa shape index (κ1) is 19.3. The zero-order valence-electron chi connectivity index (χ0n) is 16.2. The number of carbonyl (C=O) groups excluding carboxylic acids is 1. The van der Waals surface area contributed by atoms with Gasteiger partial charge in [0.15, 0.2) is 11.5 Å². The van der Waals surface area contributed by atoms with Crippen molar-refractivity contribution in [2.45, 2.75) is 30.4 Å². The number of thioether (sulfide) groups is 1. The minimum Gasteiger partial charge on any atom is -0.486 e. The fourth-order valence-electron chi connectivity index (χ4n) is 2.90. The zero-order valence-corrected chi connectivity index (χ0v) is 17.0. The van der Waals surface area contributed by atoms with Crippen LogP contribution < -0.4 is 14.8 Å². The third-order valence-electron chi connectivity index (χ3n) is 4.12. The third kappa shape index (κ3) is 4.89. The Kier molecular flexibility index (Phi) is 5.71. The molecule has 1 aromatic heterocycles. The normalized spacial score (nSPS) is 12.8. The number of ether oxygens (including phenoxy) is 2. The van der Waals surface area contributed by atoms with Gasteiger partial charge in [-0.1, -0.05) is 31.1 Å². The predicted octanol–water partition coefficient (Wildman–Crippen LogP) is 4.18. The van der Waals surface area contributed by atoms with Crippen LogP contribution in [0.15, 0.2) is 51.8 Å². The molecule has 7 nitrogen and oxygen atoms in total. The van der Waals surface area contributed by atoms with E-state index in [9.17, 15) is 4.79 Å². The van der Waals surface area contributed by atoms with Crippen LogP contribution in [-0.4, -0.2) is 34.6 Å². The van der Waals surface area contributed by atoms with Crippen LogP contribution in [0.2, 0.25) is 0 Å². The van der Waals surface area contributed by atoms with Crippen LogP contribution in [-0.2, 0) is 6.42 Å². The number of benzene rings is 2. The molecule has 0 radical (unpaired) electrons. The van der Waals surface area contributed by atoms with E-state index in [0.29, 0.717) is 42.1 Å². The molecule has 0 spiro atoms. The van der Waals surface area contributed by atoms with E-state index in [-0.39, 0.29) is 11.9 Å². The molecule has 1 N–H and O–H groups in total. The van der Waals surface area contributed by atoms with Gasteiger partial charge in [-0.25, -0.2) is 0 Å². The molecule has 1 aliphatic rings. The molecular formula is C21H21N3O4S. The van der Waals surface area contributed by atoms with Crippen LogP contribution in [0, 0.1) is 0 Å². The van der Waals surface area contributed by atoms with Gasteiger partial charge in [0.2, 0.25) is 5.89 Å². The van der Waals surface area contributed by atoms with Crippen molar-refractivity contribution in [2.75, 3.05) is 18.5 Å². The number of hydrogen-bond donors (Lipinski definition) is 1. The number of carbonyl (C=O) groups is 1. The second-order valence-corrected chi connectivity index (χ2v) is 8.45. The first-order valence-electron chi connectivity index (χ1n) is 9.36. The van der Waals surface area contributed by atoms with Crippen LogP contribution in [0.3, 0.4) is 0 Å². The quantitative estimate of drug-likeness (QED) is 0.609. The molecule has 3 aromatic rings. The molecule has 150 valence electrons. The number of amides is 1. The molecule has 0 saturated heterocycles. The number of rotatable bonds is 6. The van der Waals surface area contributed by atoms with E-state index in [1.54, 1.807) is 17.8 Å². The van der Waals surface area contributed by atoms with E-state index < -0.39 is 0 Å². The van der Waals surface area contributed by atoms with E-state index in [1.165, 1.54) is 0 Å². The smallest absolute Gasteiger partial charge is 0.322 e. The Morgan fingerprint density at radius 2 is 1.93 bits per heavy atom. The zero-order chi connectivity index (χ0) is 20.2. The number of nitrogens with one attached hydrogen (secondary N) is 1. The molecule has 0 bridgehead atoms. The van der Waals surface area contributed by atoms with Crippen molar-refractivity contribution < 1.29 is 18.7 Å². The Morgan fingerprint density at radius 1 is 1.10 bits per heavy atom. The summed E-state index contributed by atoms with van der Waals surface area (Å²) < 4.78 is 16.7. The standard InChI is InChI=1S/C21H21N3O4S/c1-13(2)29-16-5-3-4-15(12-16)20(25)22-21-24-23-19(28-21)11-14-6-7-17-18(10-14)27-9-8-26-17/h3-7,10,12-13H,8-9,11H2,1-2H3,(H,22,24,25). The fourth-order valence-corrected chi connectivity index (χ4v) is 3.80. The number of hydrogen-bond acceptors (Lipinski definition) is 7. The van der Waals surface area contributed by atoms with E-state index >= 15 is 0 Å². The monoisotopic (exact) mass is 411 g/mol. The largest absolute Gasteiger partial charge is 0.486 e. The van der Waals surface area contributed by atoms with E-state index in [0.717, 1.165) is 16.2 Å². The summed E-state index contributed by atoms with van der Waals surface area (Å²) >= 11 is 1.70. The van der Waals surface area contributed by atoms with Gasteiger partial charge in [0.1, 0.15) is 13.2 Å². The molecule has 4 rings (SSSR count). The summed E-state index contributed by atoms with van der Waals surface area (Å²) in [7, 11) is 0. The summed E-state index contributed by atoms with van der Waals surface area (Å²) in [5.74, 6) is 1.56. The lowest BCUT2D eigenvalue weighted by molar-refractivity contribution is 0.102. The van der Waals surface area contributed by atoms with Crippen LogP contribution in [0.5, 0.6) is 11.5 Å². The average Bonchev–Trinajstić information content (AvgIpc) is 3.14.